The van der Waals surface area contributed by atoms with Gasteiger partial charge < -0.3 is 10.2 Å². The predicted molar refractivity (Wildman–Crippen MR) is 91.4 cm³/mol. The molecule has 120 valence electrons. The second-order valence-electron chi connectivity index (χ2n) is 6.18. The Morgan fingerprint density at radius 3 is 2.48 bits per heavy atom. The molecular formula is C19H21FN2O. The Hall–Kier alpha value is -2.36. The first-order chi connectivity index (χ1) is 11.1. The lowest BCUT2D eigenvalue weighted by atomic mass is 9.99. The smallest absolute Gasteiger partial charge is 0.255 e. The summed E-state index contributed by atoms with van der Waals surface area (Å²) in [5, 5.41) is 2.80. The Labute approximate surface area is 136 Å². The van der Waals surface area contributed by atoms with Gasteiger partial charge in [-0.3, -0.25) is 4.79 Å². The molecule has 3 nitrogen and oxygen atoms in total. The van der Waals surface area contributed by atoms with Crippen molar-refractivity contribution in [2.45, 2.75) is 19.8 Å². The van der Waals surface area contributed by atoms with E-state index in [1.54, 1.807) is 6.07 Å². The molecule has 0 spiro atoms. The second-order valence-corrected chi connectivity index (χ2v) is 6.18. The van der Waals surface area contributed by atoms with Crippen LogP contribution in [-0.2, 0) is 0 Å². The zero-order valence-corrected chi connectivity index (χ0v) is 13.3. The SMILES string of the molecule is CC1CCN(c2ccc(NC(=O)c3cccc(F)c3)cc2)CC1. The lowest BCUT2D eigenvalue weighted by molar-refractivity contribution is 0.102. The van der Waals surface area contributed by atoms with Crippen molar-refractivity contribution in [3.63, 3.8) is 0 Å². The van der Waals surface area contributed by atoms with Gasteiger partial charge in [0, 0.05) is 30.0 Å². The van der Waals surface area contributed by atoms with Crippen molar-refractivity contribution in [2.75, 3.05) is 23.3 Å². The van der Waals surface area contributed by atoms with E-state index in [1.807, 2.05) is 24.3 Å². The summed E-state index contributed by atoms with van der Waals surface area (Å²) < 4.78 is 13.2. The summed E-state index contributed by atoms with van der Waals surface area (Å²) >= 11 is 0. The molecule has 4 heteroatoms. The van der Waals surface area contributed by atoms with Gasteiger partial charge in [0.05, 0.1) is 0 Å². The molecule has 0 atom stereocenters. The molecule has 1 saturated heterocycles. The Bertz CT molecular complexity index is 676. The quantitative estimate of drug-likeness (QED) is 0.915. The van der Waals surface area contributed by atoms with Crippen molar-refractivity contribution in [1.82, 2.24) is 0 Å². The monoisotopic (exact) mass is 312 g/mol. The fourth-order valence-electron chi connectivity index (χ4n) is 2.86. The van der Waals surface area contributed by atoms with Crippen LogP contribution in [0.2, 0.25) is 0 Å². The summed E-state index contributed by atoms with van der Waals surface area (Å²) in [7, 11) is 0. The van der Waals surface area contributed by atoms with Crippen molar-refractivity contribution in [3.8, 4) is 0 Å². The van der Waals surface area contributed by atoms with E-state index in [1.165, 1.54) is 36.7 Å². The minimum absolute atomic E-state index is 0.302. The van der Waals surface area contributed by atoms with Crippen LogP contribution < -0.4 is 10.2 Å². The van der Waals surface area contributed by atoms with Crippen LogP contribution in [0.5, 0.6) is 0 Å². The molecule has 1 fully saturated rings. The number of hydrogen-bond acceptors (Lipinski definition) is 2. The summed E-state index contributed by atoms with van der Waals surface area (Å²) in [6, 6.07) is 13.5. The largest absolute Gasteiger partial charge is 0.372 e. The highest BCUT2D eigenvalue weighted by Gasteiger charge is 2.16. The van der Waals surface area contributed by atoms with Crippen LogP contribution in [0.4, 0.5) is 15.8 Å². The molecule has 23 heavy (non-hydrogen) atoms. The molecule has 1 aliphatic heterocycles. The Balaban J connectivity index is 1.64. The predicted octanol–water partition coefficient (Wildman–Crippen LogP) is 4.31. The molecule has 0 saturated carbocycles. The molecule has 0 unspecified atom stereocenters. The lowest BCUT2D eigenvalue weighted by Crippen LogP contribution is -2.32. The first kappa shape index (κ1) is 15.5. The van der Waals surface area contributed by atoms with Gasteiger partial charge in [0.15, 0.2) is 0 Å². The summed E-state index contributed by atoms with van der Waals surface area (Å²) in [6.45, 7) is 4.45. The van der Waals surface area contributed by atoms with Crippen LogP contribution in [0.25, 0.3) is 0 Å². The zero-order chi connectivity index (χ0) is 16.2. The third-order valence-corrected chi connectivity index (χ3v) is 4.36. The fourth-order valence-corrected chi connectivity index (χ4v) is 2.86. The van der Waals surface area contributed by atoms with E-state index in [0.717, 1.165) is 19.0 Å². The maximum Gasteiger partial charge on any atom is 0.255 e. The molecule has 1 aliphatic rings. The molecule has 0 aliphatic carbocycles. The van der Waals surface area contributed by atoms with E-state index in [2.05, 4.69) is 17.1 Å². The number of hydrogen-bond donors (Lipinski definition) is 1. The van der Waals surface area contributed by atoms with Crippen molar-refractivity contribution in [3.05, 3.63) is 59.9 Å². The van der Waals surface area contributed by atoms with Crippen molar-refractivity contribution >= 4 is 17.3 Å². The number of piperidine rings is 1. The standard InChI is InChI=1S/C19H21FN2O/c1-14-9-11-22(12-10-14)18-7-5-17(6-8-18)21-19(23)15-3-2-4-16(20)13-15/h2-8,13-14H,9-12H2,1H3,(H,21,23). The third kappa shape index (κ3) is 3.89. The van der Waals surface area contributed by atoms with Crippen LogP contribution in [-0.4, -0.2) is 19.0 Å². The maximum absolute atomic E-state index is 13.2. The van der Waals surface area contributed by atoms with Gasteiger partial charge in [-0.25, -0.2) is 4.39 Å². The molecule has 0 aromatic heterocycles. The summed E-state index contributed by atoms with van der Waals surface area (Å²) in [5.41, 5.74) is 2.22. The van der Waals surface area contributed by atoms with E-state index < -0.39 is 5.82 Å². The minimum Gasteiger partial charge on any atom is -0.372 e. The maximum atomic E-state index is 13.2. The van der Waals surface area contributed by atoms with Gasteiger partial charge in [0.2, 0.25) is 0 Å². The number of carbonyl (C=O) groups excluding carboxylic acids is 1. The molecule has 0 radical (unpaired) electrons. The van der Waals surface area contributed by atoms with Gasteiger partial charge in [-0.15, -0.1) is 0 Å². The molecule has 0 bridgehead atoms. The first-order valence-corrected chi connectivity index (χ1v) is 8.04. The van der Waals surface area contributed by atoms with E-state index in [-0.39, 0.29) is 5.91 Å². The van der Waals surface area contributed by atoms with Gasteiger partial charge in [0.1, 0.15) is 5.82 Å². The molecule has 1 amide bonds. The normalized spacial score (nSPS) is 15.5. The number of rotatable bonds is 3. The highest BCUT2D eigenvalue weighted by molar-refractivity contribution is 6.04. The van der Waals surface area contributed by atoms with Gasteiger partial charge in [-0.2, -0.15) is 0 Å². The minimum atomic E-state index is -0.410. The number of amides is 1. The zero-order valence-electron chi connectivity index (χ0n) is 13.3. The number of benzene rings is 2. The Kier molecular flexibility index (Phi) is 4.60. The highest BCUT2D eigenvalue weighted by Crippen LogP contribution is 2.24. The van der Waals surface area contributed by atoms with E-state index in [0.29, 0.717) is 11.3 Å². The lowest BCUT2D eigenvalue weighted by Gasteiger charge is -2.32. The molecule has 2 aromatic rings. The summed E-state index contributed by atoms with van der Waals surface area (Å²) in [5.74, 6) is 0.0902. The second kappa shape index (κ2) is 6.82. The summed E-state index contributed by atoms with van der Waals surface area (Å²) in [4.78, 5) is 14.5. The molecule has 3 rings (SSSR count). The summed E-state index contributed by atoms with van der Waals surface area (Å²) in [6.07, 6.45) is 2.44. The number of halogens is 1. The third-order valence-electron chi connectivity index (χ3n) is 4.36. The number of nitrogens with zero attached hydrogens (tertiary/aromatic N) is 1. The number of anilines is 2. The molecule has 2 aromatic carbocycles. The van der Waals surface area contributed by atoms with Crippen molar-refractivity contribution < 1.29 is 9.18 Å². The van der Waals surface area contributed by atoms with E-state index >= 15 is 0 Å². The number of carbonyl (C=O) groups is 1. The number of nitrogens with one attached hydrogen (secondary N) is 1. The topological polar surface area (TPSA) is 32.3 Å². The average Bonchev–Trinajstić information content (AvgIpc) is 2.56. The van der Waals surface area contributed by atoms with Crippen molar-refractivity contribution in [1.29, 1.82) is 0 Å². The molecule has 1 N–H and O–H groups in total. The van der Waals surface area contributed by atoms with Crippen LogP contribution in [0.3, 0.4) is 0 Å². The van der Waals surface area contributed by atoms with Gasteiger partial charge >= 0.3 is 0 Å². The van der Waals surface area contributed by atoms with Gasteiger partial charge in [-0.05, 0) is 61.2 Å². The van der Waals surface area contributed by atoms with Crippen LogP contribution in [0.1, 0.15) is 30.1 Å². The van der Waals surface area contributed by atoms with Crippen LogP contribution in [0.15, 0.2) is 48.5 Å². The van der Waals surface area contributed by atoms with Crippen LogP contribution in [0, 0.1) is 11.7 Å². The highest BCUT2D eigenvalue weighted by atomic mass is 19.1. The van der Waals surface area contributed by atoms with E-state index in [9.17, 15) is 9.18 Å². The Morgan fingerprint density at radius 2 is 1.83 bits per heavy atom. The fraction of sp³-hybridized carbons (Fsp3) is 0.316. The van der Waals surface area contributed by atoms with Crippen molar-refractivity contribution in [2.24, 2.45) is 5.92 Å². The van der Waals surface area contributed by atoms with Crippen LogP contribution >= 0.6 is 0 Å². The van der Waals surface area contributed by atoms with Gasteiger partial charge in [-0.1, -0.05) is 13.0 Å². The Morgan fingerprint density at radius 1 is 1.13 bits per heavy atom. The molecular weight excluding hydrogens is 291 g/mol. The average molecular weight is 312 g/mol. The van der Waals surface area contributed by atoms with E-state index in [4.69, 9.17) is 0 Å². The molecule has 1 heterocycles. The van der Waals surface area contributed by atoms with Gasteiger partial charge in [0.25, 0.3) is 5.91 Å². The first-order valence-electron chi connectivity index (χ1n) is 8.04.